The first-order valence-electron chi connectivity index (χ1n) is 6.29. The summed E-state index contributed by atoms with van der Waals surface area (Å²) in [6.07, 6.45) is 4.41. The summed E-state index contributed by atoms with van der Waals surface area (Å²) in [4.78, 5) is 24.1. The quantitative estimate of drug-likeness (QED) is 0.762. The van der Waals surface area contributed by atoms with Crippen LogP contribution in [-0.4, -0.2) is 31.1 Å². The predicted molar refractivity (Wildman–Crippen MR) is 76.5 cm³/mol. The van der Waals surface area contributed by atoms with Crippen LogP contribution in [0.4, 0.5) is 5.69 Å². The number of amides is 1. The van der Waals surface area contributed by atoms with Crippen molar-refractivity contribution in [1.82, 2.24) is 25.1 Å². The molecule has 0 radical (unpaired) electrons. The van der Waals surface area contributed by atoms with Gasteiger partial charge < -0.3 is 5.32 Å². The number of rotatable bonds is 3. The zero-order valence-electron chi connectivity index (χ0n) is 11.2. The van der Waals surface area contributed by atoms with Crippen molar-refractivity contribution in [2.24, 2.45) is 0 Å². The van der Waals surface area contributed by atoms with Gasteiger partial charge in [0.25, 0.3) is 5.91 Å². The van der Waals surface area contributed by atoms with E-state index in [0.717, 1.165) is 11.4 Å². The van der Waals surface area contributed by atoms with E-state index in [-0.39, 0.29) is 11.6 Å². The molecule has 21 heavy (non-hydrogen) atoms. The number of aromatic nitrogens is 5. The second kappa shape index (κ2) is 5.49. The summed E-state index contributed by atoms with van der Waals surface area (Å²) in [6, 6.07) is 7.29. The maximum atomic E-state index is 12.0. The van der Waals surface area contributed by atoms with Crippen LogP contribution in [-0.2, 0) is 0 Å². The van der Waals surface area contributed by atoms with Crippen LogP contribution in [0.3, 0.4) is 0 Å². The van der Waals surface area contributed by atoms with Crippen LogP contribution in [0.1, 0.15) is 16.3 Å². The van der Waals surface area contributed by atoms with Crippen LogP contribution >= 0.6 is 0 Å². The van der Waals surface area contributed by atoms with Gasteiger partial charge in [0.2, 0.25) is 0 Å². The molecule has 0 spiro atoms. The SMILES string of the molecule is Cc1nc(-c2cccc(NC(=O)c3cnccn3)c2)n[nH]1. The average Bonchev–Trinajstić information content (AvgIpc) is 2.95. The minimum atomic E-state index is -0.314. The Morgan fingerprint density at radius 3 is 2.90 bits per heavy atom. The number of H-pyrrole nitrogens is 1. The van der Waals surface area contributed by atoms with E-state index in [1.165, 1.54) is 18.6 Å². The molecular weight excluding hydrogens is 268 g/mol. The fourth-order valence-electron chi connectivity index (χ4n) is 1.82. The monoisotopic (exact) mass is 280 g/mol. The maximum Gasteiger partial charge on any atom is 0.275 e. The molecule has 0 fully saturated rings. The van der Waals surface area contributed by atoms with Crippen molar-refractivity contribution in [3.05, 3.63) is 54.4 Å². The topological polar surface area (TPSA) is 96.5 Å². The number of carbonyl (C=O) groups excluding carboxylic acids is 1. The van der Waals surface area contributed by atoms with E-state index < -0.39 is 0 Å². The van der Waals surface area contributed by atoms with E-state index in [0.29, 0.717) is 11.5 Å². The zero-order valence-corrected chi connectivity index (χ0v) is 11.2. The Kier molecular flexibility index (Phi) is 3.38. The van der Waals surface area contributed by atoms with Crippen molar-refractivity contribution >= 4 is 11.6 Å². The third-order valence-electron chi connectivity index (χ3n) is 2.77. The Labute approximate surface area is 120 Å². The van der Waals surface area contributed by atoms with Gasteiger partial charge in [0.15, 0.2) is 5.82 Å². The molecule has 0 unspecified atom stereocenters. The number of hydrogen-bond acceptors (Lipinski definition) is 5. The minimum Gasteiger partial charge on any atom is -0.321 e. The number of carbonyl (C=O) groups is 1. The highest BCUT2D eigenvalue weighted by atomic mass is 16.1. The number of nitrogens with one attached hydrogen (secondary N) is 2. The number of aryl methyl sites for hydroxylation is 1. The zero-order chi connectivity index (χ0) is 14.7. The van der Waals surface area contributed by atoms with Crippen molar-refractivity contribution < 1.29 is 4.79 Å². The molecule has 7 heteroatoms. The van der Waals surface area contributed by atoms with E-state index in [2.05, 4.69) is 30.5 Å². The molecule has 0 bridgehead atoms. The molecule has 7 nitrogen and oxygen atoms in total. The Bertz CT molecular complexity index is 768. The third kappa shape index (κ3) is 2.92. The largest absolute Gasteiger partial charge is 0.321 e. The standard InChI is InChI=1S/C14H12N6O/c1-9-17-13(20-19-9)10-3-2-4-11(7-10)18-14(21)12-8-15-5-6-16-12/h2-8H,1H3,(H,18,21)(H,17,19,20). The van der Waals surface area contributed by atoms with Crippen molar-refractivity contribution in [2.45, 2.75) is 6.92 Å². The Morgan fingerprint density at radius 1 is 1.29 bits per heavy atom. The summed E-state index contributed by atoms with van der Waals surface area (Å²) in [5, 5.41) is 9.65. The summed E-state index contributed by atoms with van der Waals surface area (Å²) in [5.41, 5.74) is 1.72. The molecule has 1 amide bonds. The maximum absolute atomic E-state index is 12.0. The lowest BCUT2D eigenvalue weighted by molar-refractivity contribution is 0.102. The van der Waals surface area contributed by atoms with Gasteiger partial charge in [-0.15, -0.1) is 0 Å². The van der Waals surface area contributed by atoms with Gasteiger partial charge in [-0.25, -0.2) is 9.97 Å². The van der Waals surface area contributed by atoms with Gasteiger partial charge in [0.1, 0.15) is 11.5 Å². The van der Waals surface area contributed by atoms with E-state index in [9.17, 15) is 4.79 Å². The van der Waals surface area contributed by atoms with Gasteiger partial charge in [0, 0.05) is 23.6 Å². The molecule has 0 saturated heterocycles. The van der Waals surface area contributed by atoms with E-state index in [1.807, 2.05) is 19.1 Å². The van der Waals surface area contributed by atoms with Gasteiger partial charge in [-0.05, 0) is 19.1 Å². The normalized spacial score (nSPS) is 10.3. The van der Waals surface area contributed by atoms with Gasteiger partial charge in [0.05, 0.1) is 6.20 Å². The second-order valence-electron chi connectivity index (χ2n) is 4.37. The highest BCUT2D eigenvalue weighted by Crippen LogP contribution is 2.19. The van der Waals surface area contributed by atoms with Crippen LogP contribution < -0.4 is 5.32 Å². The number of nitrogens with zero attached hydrogens (tertiary/aromatic N) is 4. The molecule has 0 aliphatic heterocycles. The van der Waals surface area contributed by atoms with Gasteiger partial charge >= 0.3 is 0 Å². The summed E-state index contributed by atoms with van der Waals surface area (Å²) in [6.45, 7) is 1.83. The lowest BCUT2D eigenvalue weighted by Gasteiger charge is -2.05. The molecule has 0 atom stereocenters. The van der Waals surface area contributed by atoms with Gasteiger partial charge in [-0.2, -0.15) is 5.10 Å². The molecule has 0 aliphatic rings. The van der Waals surface area contributed by atoms with Crippen LogP contribution in [0, 0.1) is 6.92 Å². The number of anilines is 1. The van der Waals surface area contributed by atoms with Crippen LogP contribution in [0.5, 0.6) is 0 Å². The van der Waals surface area contributed by atoms with Crippen LogP contribution in [0.15, 0.2) is 42.9 Å². The van der Waals surface area contributed by atoms with Crippen molar-refractivity contribution in [3.8, 4) is 11.4 Å². The molecular formula is C14H12N6O. The Hall–Kier alpha value is -3.09. The lowest BCUT2D eigenvalue weighted by Crippen LogP contribution is -2.13. The summed E-state index contributed by atoms with van der Waals surface area (Å²) >= 11 is 0. The van der Waals surface area contributed by atoms with Crippen molar-refractivity contribution in [3.63, 3.8) is 0 Å². The highest BCUT2D eigenvalue weighted by molar-refractivity contribution is 6.02. The number of hydrogen-bond donors (Lipinski definition) is 2. The second-order valence-corrected chi connectivity index (χ2v) is 4.37. The Balaban J connectivity index is 1.82. The molecule has 2 aromatic heterocycles. The van der Waals surface area contributed by atoms with Crippen molar-refractivity contribution in [1.29, 1.82) is 0 Å². The predicted octanol–water partition coefficient (Wildman–Crippen LogP) is 1.82. The lowest BCUT2D eigenvalue weighted by atomic mass is 10.2. The number of benzene rings is 1. The molecule has 3 rings (SSSR count). The highest BCUT2D eigenvalue weighted by Gasteiger charge is 2.09. The van der Waals surface area contributed by atoms with Crippen LogP contribution in [0.25, 0.3) is 11.4 Å². The molecule has 0 aliphatic carbocycles. The Morgan fingerprint density at radius 2 is 2.19 bits per heavy atom. The van der Waals surface area contributed by atoms with Crippen LogP contribution in [0.2, 0.25) is 0 Å². The fourth-order valence-corrected chi connectivity index (χ4v) is 1.82. The van der Waals surface area contributed by atoms with Crippen molar-refractivity contribution in [2.75, 3.05) is 5.32 Å². The van der Waals surface area contributed by atoms with Gasteiger partial charge in [-0.3, -0.25) is 14.9 Å². The van der Waals surface area contributed by atoms with Gasteiger partial charge in [-0.1, -0.05) is 12.1 Å². The molecule has 2 N–H and O–H groups in total. The average molecular weight is 280 g/mol. The van der Waals surface area contributed by atoms with E-state index in [1.54, 1.807) is 12.1 Å². The minimum absolute atomic E-state index is 0.261. The molecule has 2 heterocycles. The molecule has 1 aromatic carbocycles. The smallest absolute Gasteiger partial charge is 0.275 e. The van der Waals surface area contributed by atoms with E-state index in [4.69, 9.17) is 0 Å². The first-order chi connectivity index (χ1) is 10.2. The molecule has 3 aromatic rings. The summed E-state index contributed by atoms with van der Waals surface area (Å²) < 4.78 is 0. The molecule has 104 valence electrons. The summed E-state index contributed by atoms with van der Waals surface area (Å²) in [5.74, 6) is 1.01. The van der Waals surface area contributed by atoms with E-state index >= 15 is 0 Å². The first kappa shape index (κ1) is 12.9. The fraction of sp³-hybridized carbons (Fsp3) is 0.0714. The number of aromatic amines is 1. The summed E-state index contributed by atoms with van der Waals surface area (Å²) in [7, 11) is 0. The molecule has 0 saturated carbocycles. The third-order valence-corrected chi connectivity index (χ3v) is 2.77. The first-order valence-corrected chi connectivity index (χ1v) is 6.29.